The molecule has 2 aromatic carbocycles. The van der Waals surface area contributed by atoms with E-state index >= 15 is 0 Å². The molecule has 1 N–H and O–H groups in total. The average molecular weight is 375 g/mol. The molecule has 0 aromatic heterocycles. The molecule has 0 saturated carbocycles. The summed E-state index contributed by atoms with van der Waals surface area (Å²) in [7, 11) is -2.55. The predicted molar refractivity (Wildman–Crippen MR) is 102 cm³/mol. The summed E-state index contributed by atoms with van der Waals surface area (Å²) in [5.74, 6) is -1.16. The Labute approximate surface area is 155 Å². The van der Waals surface area contributed by atoms with Gasteiger partial charge in [-0.15, -0.1) is 0 Å². The summed E-state index contributed by atoms with van der Waals surface area (Å²) in [4.78, 5) is 11.8. The third-order valence-electron chi connectivity index (χ3n) is 4.42. The van der Waals surface area contributed by atoms with Gasteiger partial charge in [-0.2, -0.15) is 4.31 Å². The van der Waals surface area contributed by atoms with Crippen molar-refractivity contribution < 1.29 is 18.3 Å². The van der Waals surface area contributed by atoms with Crippen LogP contribution in [0.4, 0.5) is 0 Å². The van der Waals surface area contributed by atoms with Crippen molar-refractivity contribution in [2.24, 2.45) is 0 Å². The molecule has 140 valence electrons. The van der Waals surface area contributed by atoms with Crippen LogP contribution in [-0.4, -0.2) is 36.9 Å². The van der Waals surface area contributed by atoms with Gasteiger partial charge in [0.05, 0.1) is 4.90 Å². The second-order valence-electron chi connectivity index (χ2n) is 6.31. The van der Waals surface area contributed by atoms with Crippen molar-refractivity contribution in [3.8, 4) is 0 Å². The number of aliphatic carboxylic acids is 1. The lowest BCUT2D eigenvalue weighted by Crippen LogP contribution is -2.43. The van der Waals surface area contributed by atoms with E-state index in [0.29, 0.717) is 0 Å². The Kier molecular flexibility index (Phi) is 6.94. The summed E-state index contributed by atoms with van der Waals surface area (Å²) >= 11 is 0. The third kappa shape index (κ3) is 4.93. The first-order valence-electron chi connectivity index (χ1n) is 8.70. The van der Waals surface area contributed by atoms with Gasteiger partial charge in [0.15, 0.2) is 0 Å². The quantitative estimate of drug-likeness (QED) is 0.729. The Morgan fingerprint density at radius 3 is 2.15 bits per heavy atom. The molecule has 0 aliphatic rings. The molecule has 2 aromatic rings. The lowest BCUT2D eigenvalue weighted by molar-refractivity contribution is -0.141. The van der Waals surface area contributed by atoms with E-state index in [0.717, 1.165) is 29.1 Å². The Morgan fingerprint density at radius 2 is 1.62 bits per heavy atom. The van der Waals surface area contributed by atoms with Gasteiger partial charge < -0.3 is 5.11 Å². The van der Waals surface area contributed by atoms with Crippen molar-refractivity contribution in [2.45, 2.75) is 43.5 Å². The number of carboxylic acids is 1. The molecule has 0 radical (unpaired) electrons. The molecule has 1 atom stereocenters. The van der Waals surface area contributed by atoms with Crippen molar-refractivity contribution in [1.82, 2.24) is 4.31 Å². The van der Waals surface area contributed by atoms with Crippen LogP contribution in [0.1, 0.15) is 30.9 Å². The zero-order valence-electron chi connectivity index (χ0n) is 15.1. The summed E-state index contributed by atoms with van der Waals surface area (Å²) < 4.78 is 26.3. The Balaban J connectivity index is 2.19. The molecule has 0 aliphatic heterocycles. The van der Waals surface area contributed by atoms with Crippen LogP contribution in [0.2, 0.25) is 0 Å². The molecule has 0 bridgehead atoms. The van der Waals surface area contributed by atoms with Crippen LogP contribution in [0.3, 0.4) is 0 Å². The van der Waals surface area contributed by atoms with Crippen LogP contribution in [0.5, 0.6) is 0 Å². The number of nitrogens with zero attached hydrogens (tertiary/aromatic N) is 1. The van der Waals surface area contributed by atoms with E-state index in [1.54, 1.807) is 18.2 Å². The lowest BCUT2D eigenvalue weighted by Gasteiger charge is -2.24. The summed E-state index contributed by atoms with van der Waals surface area (Å²) in [6.45, 7) is 2.13. The molecule has 0 amide bonds. The van der Waals surface area contributed by atoms with Gasteiger partial charge in [0.25, 0.3) is 0 Å². The number of rotatable bonds is 9. The third-order valence-corrected chi connectivity index (χ3v) is 6.30. The second kappa shape index (κ2) is 8.96. The number of unbranched alkanes of at least 4 members (excludes halogenated alkanes) is 1. The van der Waals surface area contributed by atoms with Crippen LogP contribution in [-0.2, 0) is 27.7 Å². The fraction of sp³-hybridized carbons (Fsp3) is 0.350. The van der Waals surface area contributed by atoms with Gasteiger partial charge >= 0.3 is 5.97 Å². The molecule has 6 heteroatoms. The lowest BCUT2D eigenvalue weighted by atomic mass is 10.0. The largest absolute Gasteiger partial charge is 0.480 e. The van der Waals surface area contributed by atoms with Crippen molar-refractivity contribution >= 4 is 16.0 Å². The molecule has 0 saturated heterocycles. The maximum atomic E-state index is 12.7. The van der Waals surface area contributed by atoms with Gasteiger partial charge in [0.1, 0.15) is 6.04 Å². The summed E-state index contributed by atoms with van der Waals surface area (Å²) in [5.41, 5.74) is 2.00. The molecule has 1 unspecified atom stereocenters. The highest BCUT2D eigenvalue weighted by molar-refractivity contribution is 7.89. The number of aryl methyl sites for hydroxylation is 1. The van der Waals surface area contributed by atoms with Crippen molar-refractivity contribution in [1.29, 1.82) is 0 Å². The number of carbonyl (C=O) groups is 1. The van der Waals surface area contributed by atoms with Crippen LogP contribution >= 0.6 is 0 Å². The highest BCUT2D eigenvalue weighted by atomic mass is 32.2. The Morgan fingerprint density at radius 1 is 1.04 bits per heavy atom. The fourth-order valence-electron chi connectivity index (χ4n) is 2.74. The highest BCUT2D eigenvalue weighted by Crippen LogP contribution is 2.19. The van der Waals surface area contributed by atoms with Crippen molar-refractivity contribution in [3.63, 3.8) is 0 Å². The number of hydrogen-bond acceptors (Lipinski definition) is 3. The first-order chi connectivity index (χ1) is 12.4. The zero-order chi connectivity index (χ0) is 19.2. The van der Waals surface area contributed by atoms with Gasteiger partial charge in [0, 0.05) is 7.05 Å². The normalized spacial score (nSPS) is 12.9. The highest BCUT2D eigenvalue weighted by Gasteiger charge is 2.32. The Hall–Kier alpha value is -2.18. The van der Waals surface area contributed by atoms with Crippen LogP contribution in [0, 0.1) is 0 Å². The van der Waals surface area contributed by atoms with Crippen LogP contribution in [0.25, 0.3) is 0 Å². The molecule has 0 aliphatic carbocycles. The van der Waals surface area contributed by atoms with E-state index in [1.807, 2.05) is 24.3 Å². The number of sulfonamides is 1. The molecular weight excluding hydrogens is 350 g/mol. The standard InChI is InChI=1S/C20H25NO4S/c1-3-4-8-16-11-13-17(14-12-16)15-19(20(22)23)21(2)26(24,25)18-9-6-5-7-10-18/h5-7,9-14,19H,3-4,8,15H2,1-2H3,(H,22,23). The summed E-state index contributed by atoms with van der Waals surface area (Å²) in [5, 5.41) is 9.58. The maximum absolute atomic E-state index is 12.7. The smallest absolute Gasteiger partial charge is 0.322 e. The van der Waals surface area contributed by atoms with E-state index in [9.17, 15) is 18.3 Å². The van der Waals surface area contributed by atoms with Gasteiger partial charge in [-0.25, -0.2) is 8.42 Å². The molecular formula is C20H25NO4S. The average Bonchev–Trinajstić information content (AvgIpc) is 2.65. The van der Waals surface area contributed by atoms with E-state index in [4.69, 9.17) is 0 Å². The van der Waals surface area contributed by atoms with Gasteiger partial charge in [-0.05, 0) is 42.5 Å². The molecule has 26 heavy (non-hydrogen) atoms. The number of likely N-dealkylation sites (N-methyl/N-ethyl adjacent to an activating group) is 1. The molecule has 0 fully saturated rings. The van der Waals surface area contributed by atoms with E-state index < -0.39 is 22.0 Å². The maximum Gasteiger partial charge on any atom is 0.322 e. The minimum absolute atomic E-state index is 0.0867. The minimum Gasteiger partial charge on any atom is -0.480 e. The first-order valence-corrected chi connectivity index (χ1v) is 10.1. The predicted octanol–water partition coefficient (Wildman–Crippen LogP) is 3.35. The van der Waals surface area contributed by atoms with Crippen LogP contribution in [0.15, 0.2) is 59.5 Å². The van der Waals surface area contributed by atoms with Crippen molar-refractivity contribution in [2.75, 3.05) is 7.05 Å². The van der Waals surface area contributed by atoms with Gasteiger partial charge in [-0.1, -0.05) is 55.8 Å². The van der Waals surface area contributed by atoms with E-state index in [2.05, 4.69) is 6.92 Å². The van der Waals surface area contributed by atoms with Gasteiger partial charge in [0.2, 0.25) is 10.0 Å². The minimum atomic E-state index is -3.87. The molecule has 2 rings (SSSR count). The molecule has 0 spiro atoms. The SMILES string of the molecule is CCCCc1ccc(CC(C(=O)O)N(C)S(=O)(=O)c2ccccc2)cc1. The van der Waals surface area contributed by atoms with Crippen molar-refractivity contribution in [3.05, 3.63) is 65.7 Å². The fourth-order valence-corrected chi connectivity index (χ4v) is 4.08. The summed E-state index contributed by atoms with van der Waals surface area (Å²) in [6, 6.07) is 14.4. The second-order valence-corrected chi connectivity index (χ2v) is 8.31. The van der Waals surface area contributed by atoms with Crippen LogP contribution < -0.4 is 0 Å². The monoisotopic (exact) mass is 375 g/mol. The number of benzene rings is 2. The topological polar surface area (TPSA) is 74.7 Å². The molecule has 5 nitrogen and oxygen atoms in total. The number of hydrogen-bond donors (Lipinski definition) is 1. The van der Waals surface area contributed by atoms with E-state index in [-0.39, 0.29) is 11.3 Å². The number of carboxylic acid groups (broad SMARTS) is 1. The zero-order valence-corrected chi connectivity index (χ0v) is 15.9. The van der Waals surface area contributed by atoms with Gasteiger partial charge in [-0.3, -0.25) is 4.79 Å². The first kappa shape index (κ1) is 20.1. The Bertz CT molecular complexity index is 817. The molecule has 0 heterocycles. The van der Waals surface area contributed by atoms with E-state index in [1.165, 1.54) is 24.7 Å². The summed E-state index contributed by atoms with van der Waals surface area (Å²) in [6.07, 6.45) is 3.33.